The summed E-state index contributed by atoms with van der Waals surface area (Å²) in [5.41, 5.74) is 3.35. The predicted molar refractivity (Wildman–Crippen MR) is 90.8 cm³/mol. The van der Waals surface area contributed by atoms with Gasteiger partial charge in [0, 0.05) is 18.3 Å². The third kappa shape index (κ3) is 3.66. The molecule has 110 valence electrons. The molecule has 0 aromatic heterocycles. The standard InChI is InChI=1S/C19H23NO/c1-19(2,16-11-5-6-12-17(16)20-3)14-8-10-15-9-4-7-13-18(15)21/h4-13,20-21H,14H2,1-3H3/b10-8+. The monoisotopic (exact) mass is 281 g/mol. The van der Waals surface area contributed by atoms with E-state index in [0.29, 0.717) is 5.75 Å². The fourth-order valence-corrected chi connectivity index (χ4v) is 2.51. The van der Waals surface area contributed by atoms with E-state index in [1.165, 1.54) is 11.3 Å². The maximum Gasteiger partial charge on any atom is 0.122 e. The van der Waals surface area contributed by atoms with Gasteiger partial charge in [-0.05, 0) is 29.5 Å². The number of para-hydroxylation sites is 2. The quantitative estimate of drug-likeness (QED) is 0.824. The van der Waals surface area contributed by atoms with Crippen molar-refractivity contribution in [3.63, 3.8) is 0 Å². The molecular formula is C19H23NO. The van der Waals surface area contributed by atoms with Crippen LogP contribution in [-0.4, -0.2) is 12.2 Å². The van der Waals surface area contributed by atoms with Crippen LogP contribution in [0, 0.1) is 0 Å². The summed E-state index contributed by atoms with van der Waals surface area (Å²) < 4.78 is 0. The van der Waals surface area contributed by atoms with E-state index < -0.39 is 0 Å². The average molecular weight is 281 g/mol. The minimum absolute atomic E-state index is 0.0283. The number of aromatic hydroxyl groups is 1. The molecule has 2 aromatic rings. The second-order valence-electron chi connectivity index (χ2n) is 5.84. The van der Waals surface area contributed by atoms with Crippen LogP contribution in [0.2, 0.25) is 0 Å². The Morgan fingerprint density at radius 3 is 2.43 bits per heavy atom. The van der Waals surface area contributed by atoms with Crippen LogP contribution in [0.1, 0.15) is 31.4 Å². The van der Waals surface area contributed by atoms with Crippen LogP contribution in [0.15, 0.2) is 54.6 Å². The molecule has 0 aliphatic carbocycles. The van der Waals surface area contributed by atoms with E-state index in [9.17, 15) is 5.11 Å². The zero-order valence-electron chi connectivity index (χ0n) is 12.9. The first-order valence-electron chi connectivity index (χ1n) is 7.26. The molecule has 2 nitrogen and oxygen atoms in total. The summed E-state index contributed by atoms with van der Waals surface area (Å²) in [6.45, 7) is 4.47. The lowest BCUT2D eigenvalue weighted by atomic mass is 9.80. The minimum atomic E-state index is 0.0283. The van der Waals surface area contributed by atoms with Gasteiger partial charge in [0.1, 0.15) is 5.75 Å². The smallest absolute Gasteiger partial charge is 0.122 e. The van der Waals surface area contributed by atoms with Crippen molar-refractivity contribution in [1.82, 2.24) is 0 Å². The van der Waals surface area contributed by atoms with Gasteiger partial charge in [-0.3, -0.25) is 0 Å². The Balaban J connectivity index is 2.16. The SMILES string of the molecule is CNc1ccccc1C(C)(C)C/C=C/c1ccccc1O. The molecule has 2 heteroatoms. The molecule has 2 N–H and O–H groups in total. The van der Waals surface area contributed by atoms with Crippen LogP contribution in [0.3, 0.4) is 0 Å². The van der Waals surface area contributed by atoms with Gasteiger partial charge < -0.3 is 10.4 Å². The third-order valence-corrected chi connectivity index (χ3v) is 3.79. The largest absolute Gasteiger partial charge is 0.507 e. The number of hydrogen-bond donors (Lipinski definition) is 2. The Bertz CT molecular complexity index is 629. The first kappa shape index (κ1) is 15.2. The van der Waals surface area contributed by atoms with Gasteiger partial charge in [-0.25, -0.2) is 0 Å². The molecule has 0 amide bonds. The highest BCUT2D eigenvalue weighted by Gasteiger charge is 2.21. The molecule has 0 saturated heterocycles. The van der Waals surface area contributed by atoms with Gasteiger partial charge in [-0.2, -0.15) is 0 Å². The summed E-state index contributed by atoms with van der Waals surface area (Å²) in [6, 6.07) is 15.8. The van der Waals surface area contributed by atoms with Crippen molar-refractivity contribution in [2.24, 2.45) is 0 Å². The molecule has 21 heavy (non-hydrogen) atoms. The summed E-state index contributed by atoms with van der Waals surface area (Å²) >= 11 is 0. The second kappa shape index (κ2) is 6.49. The van der Waals surface area contributed by atoms with Crippen LogP contribution in [0.5, 0.6) is 5.75 Å². The Kier molecular flexibility index (Phi) is 4.69. The fourth-order valence-electron chi connectivity index (χ4n) is 2.51. The van der Waals surface area contributed by atoms with Crippen LogP contribution in [0.25, 0.3) is 6.08 Å². The number of allylic oxidation sites excluding steroid dienone is 1. The number of hydrogen-bond acceptors (Lipinski definition) is 2. The molecule has 0 saturated carbocycles. The molecular weight excluding hydrogens is 258 g/mol. The average Bonchev–Trinajstić information content (AvgIpc) is 2.49. The molecule has 0 bridgehead atoms. The molecule has 0 unspecified atom stereocenters. The summed E-state index contributed by atoms with van der Waals surface area (Å²) in [4.78, 5) is 0. The fraction of sp³-hybridized carbons (Fsp3) is 0.263. The van der Waals surface area contributed by atoms with E-state index in [0.717, 1.165) is 12.0 Å². The first-order valence-corrected chi connectivity index (χ1v) is 7.26. The summed E-state index contributed by atoms with van der Waals surface area (Å²) in [7, 11) is 1.95. The normalized spacial score (nSPS) is 11.8. The molecule has 0 aliphatic heterocycles. The lowest BCUT2D eigenvalue weighted by Crippen LogP contribution is -2.17. The van der Waals surface area contributed by atoms with Crippen molar-refractivity contribution in [3.8, 4) is 5.75 Å². The number of phenolic OH excluding ortho intramolecular Hbond substituents is 1. The molecule has 0 fully saturated rings. The number of nitrogens with one attached hydrogen (secondary N) is 1. The lowest BCUT2D eigenvalue weighted by molar-refractivity contribution is 0.474. The zero-order chi connectivity index (χ0) is 15.3. The van der Waals surface area contributed by atoms with Crippen molar-refractivity contribution in [3.05, 3.63) is 65.7 Å². The third-order valence-electron chi connectivity index (χ3n) is 3.79. The van der Waals surface area contributed by atoms with Crippen LogP contribution >= 0.6 is 0 Å². The molecule has 0 aliphatic rings. The van der Waals surface area contributed by atoms with Gasteiger partial charge in [0.25, 0.3) is 0 Å². The van der Waals surface area contributed by atoms with Crippen molar-refractivity contribution < 1.29 is 5.11 Å². The van der Waals surface area contributed by atoms with E-state index in [1.54, 1.807) is 6.07 Å². The maximum atomic E-state index is 9.78. The highest BCUT2D eigenvalue weighted by Crippen LogP contribution is 2.33. The Morgan fingerprint density at radius 1 is 1.05 bits per heavy atom. The van der Waals surface area contributed by atoms with Crippen LogP contribution in [0.4, 0.5) is 5.69 Å². The van der Waals surface area contributed by atoms with Crippen LogP contribution in [-0.2, 0) is 5.41 Å². The first-order chi connectivity index (χ1) is 10.0. The van der Waals surface area contributed by atoms with Crippen molar-refractivity contribution in [2.75, 3.05) is 12.4 Å². The highest BCUT2D eigenvalue weighted by molar-refractivity contribution is 5.58. The Hall–Kier alpha value is -2.22. The number of benzene rings is 2. The van der Waals surface area contributed by atoms with E-state index in [4.69, 9.17) is 0 Å². The predicted octanol–water partition coefficient (Wildman–Crippen LogP) is 4.82. The zero-order valence-corrected chi connectivity index (χ0v) is 12.9. The number of anilines is 1. The van der Waals surface area contributed by atoms with Gasteiger partial charge in [0.2, 0.25) is 0 Å². The second-order valence-corrected chi connectivity index (χ2v) is 5.84. The molecule has 0 spiro atoms. The van der Waals surface area contributed by atoms with E-state index in [2.05, 4.69) is 43.4 Å². The van der Waals surface area contributed by atoms with Crippen molar-refractivity contribution >= 4 is 11.8 Å². The lowest BCUT2D eigenvalue weighted by Gasteiger charge is -2.26. The minimum Gasteiger partial charge on any atom is -0.507 e. The highest BCUT2D eigenvalue weighted by atomic mass is 16.3. The van der Waals surface area contributed by atoms with E-state index >= 15 is 0 Å². The van der Waals surface area contributed by atoms with Gasteiger partial charge in [-0.1, -0.05) is 62.4 Å². The van der Waals surface area contributed by atoms with Gasteiger partial charge in [-0.15, -0.1) is 0 Å². The van der Waals surface area contributed by atoms with Crippen LogP contribution < -0.4 is 5.32 Å². The molecule has 0 atom stereocenters. The summed E-state index contributed by atoms with van der Waals surface area (Å²) in [5.74, 6) is 0.321. The Labute approximate surface area is 127 Å². The van der Waals surface area contributed by atoms with Gasteiger partial charge >= 0.3 is 0 Å². The molecule has 2 aromatic carbocycles. The molecule has 0 radical (unpaired) electrons. The molecule has 2 rings (SSSR count). The van der Waals surface area contributed by atoms with Crippen molar-refractivity contribution in [1.29, 1.82) is 0 Å². The molecule has 0 heterocycles. The summed E-state index contributed by atoms with van der Waals surface area (Å²) in [5, 5.41) is 13.0. The topological polar surface area (TPSA) is 32.3 Å². The number of rotatable bonds is 5. The van der Waals surface area contributed by atoms with Gasteiger partial charge in [0.05, 0.1) is 0 Å². The van der Waals surface area contributed by atoms with Gasteiger partial charge in [0.15, 0.2) is 0 Å². The van der Waals surface area contributed by atoms with E-state index in [1.807, 2.05) is 37.4 Å². The van der Waals surface area contributed by atoms with Crippen molar-refractivity contribution in [2.45, 2.75) is 25.7 Å². The number of phenols is 1. The van der Waals surface area contributed by atoms with E-state index in [-0.39, 0.29) is 5.41 Å². The Morgan fingerprint density at radius 2 is 1.71 bits per heavy atom. The maximum absolute atomic E-state index is 9.78. The summed E-state index contributed by atoms with van der Waals surface area (Å²) in [6.07, 6.45) is 5.01.